The zero-order chi connectivity index (χ0) is 23.5. The number of methoxy groups -OCH3 is 1. The predicted octanol–water partition coefficient (Wildman–Crippen LogP) is 2.06. The molecule has 4 rings (SSSR count). The monoisotopic (exact) mass is 449 g/mol. The third-order valence-corrected chi connectivity index (χ3v) is 6.46. The average molecular weight is 450 g/mol. The minimum atomic E-state index is -0.662. The summed E-state index contributed by atoms with van der Waals surface area (Å²) in [7, 11) is 1.60. The van der Waals surface area contributed by atoms with E-state index < -0.39 is 12.1 Å². The van der Waals surface area contributed by atoms with Crippen LogP contribution in [0.1, 0.15) is 27.0 Å². The molecule has 0 saturated carbocycles. The number of hydrogen-bond acceptors (Lipinski definition) is 4. The average Bonchev–Trinajstić information content (AvgIpc) is 2.80. The highest BCUT2D eigenvalue weighted by Gasteiger charge is 2.48. The van der Waals surface area contributed by atoms with Gasteiger partial charge in [-0.2, -0.15) is 0 Å². The Kier molecular flexibility index (Phi) is 6.79. The smallest absolute Gasteiger partial charge is 0.254 e. The van der Waals surface area contributed by atoms with Gasteiger partial charge in [0.1, 0.15) is 12.1 Å². The molecule has 2 atom stereocenters. The van der Waals surface area contributed by atoms with Gasteiger partial charge < -0.3 is 19.4 Å². The quantitative estimate of drug-likeness (QED) is 0.677. The Labute approximate surface area is 194 Å². The van der Waals surface area contributed by atoms with E-state index >= 15 is 0 Å². The molecule has 0 N–H and O–H groups in total. The van der Waals surface area contributed by atoms with Crippen molar-refractivity contribution in [1.82, 2.24) is 14.7 Å². The minimum Gasteiger partial charge on any atom is -0.383 e. The summed E-state index contributed by atoms with van der Waals surface area (Å²) in [5.41, 5.74) is 3.51. The maximum atomic E-state index is 13.7. The first-order chi connectivity index (χ1) is 15.9. The number of nitrogens with zero attached hydrogens (tertiary/aromatic N) is 3. The summed E-state index contributed by atoms with van der Waals surface area (Å²) in [6.45, 7) is 5.96. The second-order valence-electron chi connectivity index (χ2n) is 8.90. The predicted molar refractivity (Wildman–Crippen MR) is 125 cm³/mol. The molecular weight excluding hydrogens is 418 g/mol. The molecule has 2 aliphatic heterocycles. The third kappa shape index (κ3) is 4.78. The van der Waals surface area contributed by atoms with Crippen LogP contribution in [-0.4, -0.2) is 84.4 Å². The standard InChI is InChI=1S/C26H31N3O4/c1-18-13-19(2)15-21(14-18)24(30)29-17-23-25(31)27(11-12-33-3)9-10-28(23)26(32)22(29)16-20-7-5-4-6-8-20/h4-8,13-15,22-23H,9-12,16-17H2,1-3H3/t22-,23-/m0/s1. The van der Waals surface area contributed by atoms with Gasteiger partial charge in [0.2, 0.25) is 11.8 Å². The lowest BCUT2D eigenvalue weighted by Gasteiger charge is -2.49. The van der Waals surface area contributed by atoms with Crippen molar-refractivity contribution in [2.75, 3.05) is 39.9 Å². The molecule has 2 aromatic rings. The fraction of sp³-hybridized carbons (Fsp3) is 0.423. The van der Waals surface area contributed by atoms with Gasteiger partial charge in [0.25, 0.3) is 5.91 Å². The largest absolute Gasteiger partial charge is 0.383 e. The number of rotatable bonds is 6. The van der Waals surface area contributed by atoms with Crippen molar-refractivity contribution >= 4 is 17.7 Å². The topological polar surface area (TPSA) is 70.2 Å². The van der Waals surface area contributed by atoms with E-state index in [9.17, 15) is 14.4 Å². The van der Waals surface area contributed by atoms with E-state index in [1.54, 1.807) is 21.8 Å². The van der Waals surface area contributed by atoms with E-state index in [0.717, 1.165) is 16.7 Å². The highest BCUT2D eigenvalue weighted by molar-refractivity contribution is 6.01. The Balaban J connectivity index is 1.67. The van der Waals surface area contributed by atoms with Crippen LogP contribution in [-0.2, 0) is 20.7 Å². The van der Waals surface area contributed by atoms with Crippen LogP contribution in [0.15, 0.2) is 48.5 Å². The zero-order valence-electron chi connectivity index (χ0n) is 19.5. The Bertz CT molecular complexity index is 1020. The van der Waals surface area contributed by atoms with Gasteiger partial charge >= 0.3 is 0 Å². The highest BCUT2D eigenvalue weighted by atomic mass is 16.5. The van der Waals surface area contributed by atoms with Gasteiger partial charge in [-0.1, -0.05) is 47.5 Å². The summed E-state index contributed by atoms with van der Waals surface area (Å²) in [5.74, 6) is -0.492. The van der Waals surface area contributed by atoms with E-state index in [0.29, 0.717) is 38.2 Å². The van der Waals surface area contributed by atoms with E-state index in [-0.39, 0.29) is 24.3 Å². The summed E-state index contributed by atoms with van der Waals surface area (Å²) >= 11 is 0. The van der Waals surface area contributed by atoms with Crippen molar-refractivity contribution in [2.45, 2.75) is 32.4 Å². The second-order valence-corrected chi connectivity index (χ2v) is 8.90. The Morgan fingerprint density at radius 2 is 1.70 bits per heavy atom. The molecule has 2 aliphatic rings. The number of carbonyl (C=O) groups excluding carboxylic acids is 3. The first kappa shape index (κ1) is 23.0. The molecule has 0 bridgehead atoms. The Morgan fingerprint density at radius 1 is 1.00 bits per heavy atom. The third-order valence-electron chi connectivity index (χ3n) is 6.46. The molecule has 0 unspecified atom stereocenters. The zero-order valence-corrected chi connectivity index (χ0v) is 19.5. The summed E-state index contributed by atoms with van der Waals surface area (Å²) < 4.78 is 5.13. The van der Waals surface area contributed by atoms with Crippen LogP contribution in [0, 0.1) is 13.8 Å². The number of carbonyl (C=O) groups is 3. The maximum Gasteiger partial charge on any atom is 0.254 e. The molecule has 3 amide bonds. The molecule has 174 valence electrons. The number of aryl methyl sites for hydroxylation is 2. The van der Waals surface area contributed by atoms with Gasteiger partial charge in [0.05, 0.1) is 13.2 Å². The summed E-state index contributed by atoms with van der Waals surface area (Å²) in [5, 5.41) is 0. The van der Waals surface area contributed by atoms with Gasteiger partial charge in [0, 0.05) is 38.7 Å². The number of benzene rings is 2. The number of hydrogen-bond donors (Lipinski definition) is 0. The van der Waals surface area contributed by atoms with E-state index in [4.69, 9.17) is 4.74 Å². The summed E-state index contributed by atoms with van der Waals surface area (Å²) in [4.78, 5) is 45.6. The number of piperazine rings is 2. The Morgan fingerprint density at radius 3 is 2.36 bits per heavy atom. The molecule has 0 aliphatic carbocycles. The first-order valence-electron chi connectivity index (χ1n) is 11.4. The molecule has 0 spiro atoms. The Hall–Kier alpha value is -3.19. The van der Waals surface area contributed by atoms with Crippen LogP contribution in [0.2, 0.25) is 0 Å². The number of amides is 3. The first-order valence-corrected chi connectivity index (χ1v) is 11.4. The highest BCUT2D eigenvalue weighted by Crippen LogP contribution is 2.26. The van der Waals surface area contributed by atoms with Crippen molar-refractivity contribution in [3.05, 3.63) is 70.8 Å². The van der Waals surface area contributed by atoms with E-state index in [1.807, 2.05) is 62.4 Å². The minimum absolute atomic E-state index is 0.122. The van der Waals surface area contributed by atoms with Crippen LogP contribution in [0.5, 0.6) is 0 Å². The molecule has 2 aromatic carbocycles. The van der Waals surface area contributed by atoms with Crippen molar-refractivity contribution in [3.8, 4) is 0 Å². The number of ether oxygens (including phenoxy) is 1. The second kappa shape index (κ2) is 9.75. The lowest BCUT2D eigenvalue weighted by molar-refractivity contribution is -0.160. The molecule has 0 radical (unpaired) electrons. The fourth-order valence-electron chi connectivity index (χ4n) is 4.86. The lowest BCUT2D eigenvalue weighted by Crippen LogP contribution is -2.70. The fourth-order valence-corrected chi connectivity index (χ4v) is 4.86. The van der Waals surface area contributed by atoms with Gasteiger partial charge in [-0.15, -0.1) is 0 Å². The van der Waals surface area contributed by atoms with Crippen molar-refractivity contribution in [2.24, 2.45) is 0 Å². The van der Waals surface area contributed by atoms with Gasteiger partial charge in [-0.05, 0) is 31.5 Å². The van der Waals surface area contributed by atoms with Gasteiger partial charge in [0.15, 0.2) is 0 Å². The number of fused-ring (bicyclic) bond motifs is 1. The van der Waals surface area contributed by atoms with Crippen LogP contribution in [0.25, 0.3) is 0 Å². The van der Waals surface area contributed by atoms with Crippen LogP contribution >= 0.6 is 0 Å². The van der Waals surface area contributed by atoms with Crippen molar-refractivity contribution < 1.29 is 19.1 Å². The van der Waals surface area contributed by atoms with Gasteiger partial charge in [-0.3, -0.25) is 14.4 Å². The van der Waals surface area contributed by atoms with Crippen LogP contribution in [0.4, 0.5) is 0 Å². The lowest BCUT2D eigenvalue weighted by atomic mass is 9.95. The van der Waals surface area contributed by atoms with Crippen LogP contribution < -0.4 is 0 Å². The summed E-state index contributed by atoms with van der Waals surface area (Å²) in [6.07, 6.45) is 0.418. The molecular formula is C26H31N3O4. The van der Waals surface area contributed by atoms with Crippen LogP contribution in [0.3, 0.4) is 0 Å². The molecule has 7 heteroatoms. The van der Waals surface area contributed by atoms with Crippen molar-refractivity contribution in [3.63, 3.8) is 0 Å². The SMILES string of the molecule is COCCN1CCN2C(=O)[C@H](Cc3ccccc3)N(C(=O)c3cc(C)cc(C)c3)C[C@H]2C1=O. The van der Waals surface area contributed by atoms with E-state index in [2.05, 4.69) is 0 Å². The maximum absolute atomic E-state index is 13.7. The normalized spacial score (nSPS) is 20.8. The molecule has 0 aromatic heterocycles. The molecule has 2 saturated heterocycles. The molecule has 2 fully saturated rings. The summed E-state index contributed by atoms with van der Waals surface area (Å²) in [6, 6.07) is 14.1. The van der Waals surface area contributed by atoms with E-state index in [1.165, 1.54) is 0 Å². The van der Waals surface area contributed by atoms with Gasteiger partial charge in [-0.25, -0.2) is 0 Å². The molecule has 33 heavy (non-hydrogen) atoms. The molecule has 7 nitrogen and oxygen atoms in total. The van der Waals surface area contributed by atoms with Crippen molar-refractivity contribution in [1.29, 1.82) is 0 Å². The molecule has 2 heterocycles.